The Morgan fingerprint density at radius 3 is 2.43 bits per heavy atom. The number of alkyl halides is 1. The van der Waals surface area contributed by atoms with Gasteiger partial charge in [-0.15, -0.1) is 0 Å². The Balaban J connectivity index is 2.65. The highest BCUT2D eigenvalue weighted by molar-refractivity contribution is 14.1. The lowest BCUT2D eigenvalue weighted by molar-refractivity contribution is 0.277. The quantitative estimate of drug-likeness (QED) is 0.471. The van der Waals surface area contributed by atoms with Gasteiger partial charge in [-0.25, -0.2) is 0 Å². The van der Waals surface area contributed by atoms with Gasteiger partial charge < -0.3 is 8.85 Å². The van der Waals surface area contributed by atoms with Crippen molar-refractivity contribution in [1.82, 2.24) is 0 Å². The van der Waals surface area contributed by atoms with Crippen LogP contribution in [0, 0.1) is 0 Å². The molecule has 1 radical (unpaired) electrons. The fourth-order valence-corrected chi connectivity index (χ4v) is 2.70. The third-order valence-electron chi connectivity index (χ3n) is 1.95. The number of hydrogen-bond donors (Lipinski definition) is 0. The zero-order valence-corrected chi connectivity index (χ0v) is 11.6. The summed E-state index contributed by atoms with van der Waals surface area (Å²) in [5, 5.41) is 0. The van der Waals surface area contributed by atoms with Crippen molar-refractivity contribution in [3.05, 3.63) is 35.4 Å². The highest BCUT2D eigenvalue weighted by Gasteiger charge is 2.12. The van der Waals surface area contributed by atoms with Gasteiger partial charge in [0.25, 0.3) is 0 Å². The van der Waals surface area contributed by atoms with E-state index < -0.39 is 9.28 Å². The zero-order chi connectivity index (χ0) is 10.4. The molecule has 0 N–H and O–H groups in total. The van der Waals surface area contributed by atoms with Gasteiger partial charge in [0.1, 0.15) is 0 Å². The molecule has 1 aromatic rings. The highest BCUT2D eigenvalue weighted by atomic mass is 127. The van der Waals surface area contributed by atoms with Crippen LogP contribution >= 0.6 is 22.6 Å². The van der Waals surface area contributed by atoms with E-state index in [0.29, 0.717) is 0 Å². The highest BCUT2D eigenvalue weighted by Crippen LogP contribution is 2.10. The van der Waals surface area contributed by atoms with E-state index in [-0.39, 0.29) is 0 Å². The van der Waals surface area contributed by atoms with E-state index >= 15 is 0 Å². The second-order valence-corrected chi connectivity index (χ2v) is 5.59. The van der Waals surface area contributed by atoms with Crippen LogP contribution in [0.2, 0.25) is 0 Å². The molecule has 0 fully saturated rings. The lowest BCUT2D eigenvalue weighted by Gasteiger charge is -2.09. The van der Waals surface area contributed by atoms with Gasteiger partial charge >= 0.3 is 9.28 Å². The molecule has 0 saturated heterocycles. The molecular formula is C10H14IO2Si. The van der Waals surface area contributed by atoms with Crippen LogP contribution in [-0.4, -0.2) is 23.5 Å². The summed E-state index contributed by atoms with van der Waals surface area (Å²) in [6.45, 7) is 0. The Labute approximate surface area is 101 Å². The van der Waals surface area contributed by atoms with Crippen molar-refractivity contribution in [2.24, 2.45) is 0 Å². The SMILES string of the molecule is CO[Si](Cc1cccc(CI)c1)OC. The molecule has 0 amide bonds. The molecule has 1 rings (SSSR count). The third kappa shape index (κ3) is 3.68. The van der Waals surface area contributed by atoms with Gasteiger partial charge in [-0.1, -0.05) is 46.9 Å². The van der Waals surface area contributed by atoms with Crippen molar-refractivity contribution < 1.29 is 8.85 Å². The van der Waals surface area contributed by atoms with Gasteiger partial charge in [-0.3, -0.25) is 0 Å². The summed E-state index contributed by atoms with van der Waals surface area (Å²) in [4.78, 5) is 0. The molecule has 0 spiro atoms. The number of halogens is 1. The first-order chi connectivity index (χ1) is 6.80. The fourth-order valence-electron chi connectivity index (χ4n) is 1.22. The molecule has 0 unspecified atom stereocenters. The summed E-state index contributed by atoms with van der Waals surface area (Å²) in [7, 11) is 2.31. The first-order valence-corrected chi connectivity index (χ1v) is 7.42. The van der Waals surface area contributed by atoms with Crippen LogP contribution < -0.4 is 0 Å². The largest absolute Gasteiger partial charge is 0.397 e. The summed E-state index contributed by atoms with van der Waals surface area (Å²) < 4.78 is 11.6. The molecule has 0 aliphatic carbocycles. The molecule has 2 nitrogen and oxygen atoms in total. The van der Waals surface area contributed by atoms with Crippen LogP contribution in [0.5, 0.6) is 0 Å². The van der Waals surface area contributed by atoms with Crippen LogP contribution in [-0.2, 0) is 19.3 Å². The van der Waals surface area contributed by atoms with Gasteiger partial charge in [0.15, 0.2) is 0 Å². The van der Waals surface area contributed by atoms with Gasteiger partial charge in [0.2, 0.25) is 0 Å². The minimum Gasteiger partial charge on any atom is -0.397 e. The van der Waals surface area contributed by atoms with Gasteiger partial charge in [0.05, 0.1) is 0 Å². The molecule has 0 aliphatic rings. The molecule has 0 saturated carbocycles. The Hall–Kier alpha value is 0.0869. The number of hydrogen-bond acceptors (Lipinski definition) is 2. The predicted molar refractivity (Wildman–Crippen MR) is 67.6 cm³/mol. The van der Waals surface area contributed by atoms with Crippen LogP contribution in [0.3, 0.4) is 0 Å². The molecule has 0 atom stereocenters. The summed E-state index contributed by atoms with van der Waals surface area (Å²) in [6, 6.07) is 9.48. The Morgan fingerprint density at radius 1 is 1.21 bits per heavy atom. The second-order valence-electron chi connectivity index (χ2n) is 2.91. The van der Waals surface area contributed by atoms with E-state index in [4.69, 9.17) is 8.85 Å². The third-order valence-corrected chi connectivity index (χ3v) is 4.44. The normalized spacial score (nSPS) is 10.9. The average Bonchev–Trinajstić information content (AvgIpc) is 2.26. The van der Waals surface area contributed by atoms with E-state index in [2.05, 4.69) is 46.9 Å². The Kier molecular flexibility index (Phi) is 5.69. The van der Waals surface area contributed by atoms with Crippen LogP contribution in [0.4, 0.5) is 0 Å². The molecule has 0 heterocycles. The second kappa shape index (κ2) is 6.55. The van der Waals surface area contributed by atoms with E-state index in [0.717, 1.165) is 10.5 Å². The Morgan fingerprint density at radius 2 is 1.86 bits per heavy atom. The monoisotopic (exact) mass is 321 g/mol. The fraction of sp³-hybridized carbons (Fsp3) is 0.400. The molecule has 77 valence electrons. The summed E-state index contributed by atoms with van der Waals surface area (Å²) in [6.07, 6.45) is 0. The van der Waals surface area contributed by atoms with E-state index in [9.17, 15) is 0 Å². The summed E-state index contributed by atoms with van der Waals surface area (Å²) in [5.41, 5.74) is 2.66. The maximum atomic E-state index is 5.25. The lowest BCUT2D eigenvalue weighted by Crippen LogP contribution is -2.22. The number of rotatable bonds is 5. The van der Waals surface area contributed by atoms with Crippen LogP contribution in [0.1, 0.15) is 11.1 Å². The maximum Gasteiger partial charge on any atom is 0.388 e. The molecule has 0 aromatic heterocycles. The van der Waals surface area contributed by atoms with Crippen molar-refractivity contribution in [2.75, 3.05) is 14.2 Å². The molecule has 14 heavy (non-hydrogen) atoms. The van der Waals surface area contributed by atoms with Crippen molar-refractivity contribution in [3.63, 3.8) is 0 Å². The van der Waals surface area contributed by atoms with E-state index in [1.165, 1.54) is 11.1 Å². The predicted octanol–water partition coefficient (Wildman–Crippen LogP) is 2.48. The molecular weight excluding hydrogens is 307 g/mol. The minimum absolute atomic E-state index is 0.905. The first-order valence-electron chi connectivity index (χ1n) is 4.37. The average molecular weight is 321 g/mol. The first kappa shape index (κ1) is 12.2. The van der Waals surface area contributed by atoms with Crippen LogP contribution in [0.25, 0.3) is 0 Å². The number of benzene rings is 1. The van der Waals surface area contributed by atoms with Gasteiger partial charge in [0, 0.05) is 24.7 Å². The summed E-state index contributed by atoms with van der Waals surface area (Å²) in [5.74, 6) is 0. The standard InChI is InChI=1S/C10H14IO2Si/c1-12-14(13-2)8-10-5-3-4-9(6-10)7-11/h3-6H,7-8H2,1-2H3. The minimum atomic E-state index is -1.10. The van der Waals surface area contributed by atoms with Crippen molar-refractivity contribution in [1.29, 1.82) is 0 Å². The van der Waals surface area contributed by atoms with Crippen molar-refractivity contribution in [3.8, 4) is 0 Å². The van der Waals surface area contributed by atoms with Gasteiger partial charge in [-0.05, 0) is 11.1 Å². The van der Waals surface area contributed by atoms with E-state index in [1.807, 2.05) is 0 Å². The molecule has 1 aromatic carbocycles. The molecule has 0 bridgehead atoms. The zero-order valence-electron chi connectivity index (χ0n) is 8.42. The van der Waals surface area contributed by atoms with Crippen molar-refractivity contribution >= 4 is 31.9 Å². The summed E-state index contributed by atoms with van der Waals surface area (Å²) >= 11 is 2.37. The van der Waals surface area contributed by atoms with Crippen molar-refractivity contribution in [2.45, 2.75) is 10.5 Å². The van der Waals surface area contributed by atoms with Gasteiger partial charge in [-0.2, -0.15) is 0 Å². The molecule has 0 aliphatic heterocycles. The molecule has 4 heteroatoms. The van der Waals surface area contributed by atoms with Crippen LogP contribution in [0.15, 0.2) is 24.3 Å². The van der Waals surface area contributed by atoms with E-state index in [1.54, 1.807) is 14.2 Å². The topological polar surface area (TPSA) is 18.5 Å². The smallest absolute Gasteiger partial charge is 0.388 e. The lowest BCUT2D eigenvalue weighted by atomic mass is 10.2. The maximum absolute atomic E-state index is 5.25. The Bertz CT molecular complexity index is 277.